The Morgan fingerprint density at radius 1 is 1.22 bits per heavy atom. The summed E-state index contributed by atoms with van der Waals surface area (Å²) >= 11 is 0. The summed E-state index contributed by atoms with van der Waals surface area (Å²) in [4.78, 5) is 12.2. The summed E-state index contributed by atoms with van der Waals surface area (Å²) in [6.45, 7) is 3.70. The minimum atomic E-state index is -1.04. The molecule has 0 saturated carbocycles. The first-order valence-electron chi connectivity index (χ1n) is 7.25. The summed E-state index contributed by atoms with van der Waals surface area (Å²) < 4.78 is 32.0. The number of rotatable bonds is 3. The summed E-state index contributed by atoms with van der Waals surface area (Å²) in [5.41, 5.74) is 1.36. The molecule has 118 valence electrons. The van der Waals surface area contributed by atoms with E-state index >= 15 is 0 Å². The lowest BCUT2D eigenvalue weighted by atomic mass is 9.77. The maximum absolute atomic E-state index is 13.7. The molecule has 0 radical (unpaired) electrons. The van der Waals surface area contributed by atoms with Gasteiger partial charge in [-0.25, -0.2) is 8.78 Å². The zero-order valence-corrected chi connectivity index (χ0v) is 12.8. The van der Waals surface area contributed by atoms with Crippen molar-refractivity contribution in [2.24, 2.45) is 0 Å². The summed E-state index contributed by atoms with van der Waals surface area (Å²) in [7, 11) is -1.04. The van der Waals surface area contributed by atoms with Crippen molar-refractivity contribution in [3.63, 3.8) is 0 Å². The van der Waals surface area contributed by atoms with Crippen LogP contribution < -0.4 is 5.46 Å². The molecule has 0 unspecified atom stereocenters. The smallest absolute Gasteiger partial charge is 0.423 e. The Labute approximate surface area is 133 Å². The van der Waals surface area contributed by atoms with E-state index in [1.54, 1.807) is 18.2 Å². The monoisotopic (exact) mass is 316 g/mol. The van der Waals surface area contributed by atoms with Crippen molar-refractivity contribution in [2.45, 2.75) is 25.9 Å². The van der Waals surface area contributed by atoms with Crippen molar-refractivity contribution in [3.8, 4) is 0 Å². The second-order valence-corrected chi connectivity index (χ2v) is 6.13. The molecular weight excluding hydrogens is 301 g/mol. The van der Waals surface area contributed by atoms with Gasteiger partial charge in [-0.2, -0.15) is 0 Å². The molecule has 2 aromatic carbocycles. The van der Waals surface area contributed by atoms with Gasteiger partial charge in [-0.1, -0.05) is 18.2 Å². The third-order valence-electron chi connectivity index (χ3n) is 4.03. The fourth-order valence-corrected chi connectivity index (χ4v) is 2.88. The molecule has 0 spiro atoms. The summed E-state index contributed by atoms with van der Waals surface area (Å²) in [6.07, 6.45) is -0.0387. The predicted molar refractivity (Wildman–Crippen MR) is 82.6 cm³/mol. The first-order chi connectivity index (χ1) is 10.8. The highest BCUT2D eigenvalue weighted by Crippen LogP contribution is 2.30. The van der Waals surface area contributed by atoms with Crippen molar-refractivity contribution in [1.82, 2.24) is 0 Å². The maximum Gasteiger partial charge on any atom is 0.492 e. The van der Waals surface area contributed by atoms with Gasteiger partial charge in [0.05, 0.1) is 11.2 Å². The Hall–Kier alpha value is -2.05. The van der Waals surface area contributed by atoms with Gasteiger partial charge in [-0.3, -0.25) is 4.79 Å². The van der Waals surface area contributed by atoms with Gasteiger partial charge in [0, 0.05) is 12.5 Å². The lowest BCUT2D eigenvalue weighted by molar-refractivity contribution is 0.0987. The third kappa shape index (κ3) is 2.92. The molecule has 0 atom stereocenters. The van der Waals surface area contributed by atoms with Crippen molar-refractivity contribution in [3.05, 3.63) is 64.7 Å². The molecule has 3 rings (SSSR count). The van der Waals surface area contributed by atoms with Crippen LogP contribution in [0, 0.1) is 11.6 Å². The van der Waals surface area contributed by atoms with E-state index in [1.807, 2.05) is 13.8 Å². The molecule has 0 aliphatic carbocycles. The molecule has 0 fully saturated rings. The Morgan fingerprint density at radius 2 is 1.96 bits per heavy atom. The lowest BCUT2D eigenvalue weighted by Gasteiger charge is -2.19. The van der Waals surface area contributed by atoms with Gasteiger partial charge in [0.15, 0.2) is 5.78 Å². The number of hydrogen-bond acceptors (Lipinski definition) is 3. The molecule has 3 nitrogen and oxygen atoms in total. The molecule has 6 heteroatoms. The largest absolute Gasteiger partial charge is 0.492 e. The molecule has 2 aromatic rings. The van der Waals surface area contributed by atoms with Gasteiger partial charge >= 0.3 is 7.12 Å². The van der Waals surface area contributed by atoms with Crippen LogP contribution in [-0.2, 0) is 16.7 Å². The van der Waals surface area contributed by atoms with Crippen molar-refractivity contribution >= 4 is 18.4 Å². The van der Waals surface area contributed by atoms with Crippen LogP contribution in [0.1, 0.15) is 35.3 Å². The van der Waals surface area contributed by atoms with E-state index in [2.05, 4.69) is 0 Å². The molecule has 0 bridgehead atoms. The van der Waals surface area contributed by atoms with Crippen LogP contribution in [-0.4, -0.2) is 17.9 Å². The Morgan fingerprint density at radius 3 is 2.65 bits per heavy atom. The molecular formula is C17H15BF2O3. The second kappa shape index (κ2) is 5.55. The predicted octanol–water partition coefficient (Wildman–Crippen LogP) is 2.34. The van der Waals surface area contributed by atoms with E-state index < -0.39 is 30.1 Å². The zero-order valence-electron chi connectivity index (χ0n) is 12.8. The minimum Gasteiger partial charge on any atom is -0.423 e. The Kier molecular flexibility index (Phi) is 3.82. The number of hydrogen-bond donors (Lipinski definition) is 1. The van der Waals surface area contributed by atoms with E-state index in [4.69, 9.17) is 4.65 Å². The van der Waals surface area contributed by atoms with Crippen LogP contribution in [0.25, 0.3) is 0 Å². The fourth-order valence-electron chi connectivity index (χ4n) is 2.88. The highest BCUT2D eigenvalue weighted by Gasteiger charge is 2.40. The molecule has 1 N–H and O–H groups in total. The van der Waals surface area contributed by atoms with E-state index in [-0.39, 0.29) is 12.0 Å². The number of Topliss-reactive ketones (excluding diaryl/α,β-unsaturated/α-hetero) is 1. The highest BCUT2D eigenvalue weighted by molar-refractivity contribution is 6.62. The number of benzene rings is 2. The van der Waals surface area contributed by atoms with E-state index in [0.29, 0.717) is 17.1 Å². The van der Waals surface area contributed by atoms with Crippen LogP contribution in [0.2, 0.25) is 0 Å². The summed E-state index contributed by atoms with van der Waals surface area (Å²) in [5.74, 6) is -2.05. The van der Waals surface area contributed by atoms with Crippen LogP contribution in [0.3, 0.4) is 0 Å². The molecule has 1 aliphatic rings. The zero-order chi connectivity index (χ0) is 16.8. The minimum absolute atomic E-state index is 0.0387. The van der Waals surface area contributed by atoms with Crippen molar-refractivity contribution in [2.75, 3.05) is 0 Å². The molecule has 0 saturated heterocycles. The molecule has 0 aromatic heterocycles. The van der Waals surface area contributed by atoms with Gasteiger partial charge in [-0.05, 0) is 42.6 Å². The Bertz CT molecular complexity index is 789. The quantitative estimate of drug-likeness (QED) is 0.698. The second-order valence-electron chi connectivity index (χ2n) is 6.13. The number of carbonyl (C=O) groups excluding carboxylic acids is 1. The lowest BCUT2D eigenvalue weighted by Crippen LogP contribution is -2.29. The Balaban J connectivity index is 1.87. The average Bonchev–Trinajstić information content (AvgIpc) is 2.68. The van der Waals surface area contributed by atoms with Crippen LogP contribution in [0.5, 0.6) is 0 Å². The van der Waals surface area contributed by atoms with Crippen molar-refractivity contribution in [1.29, 1.82) is 0 Å². The molecule has 1 heterocycles. The fraction of sp³-hybridized carbons (Fsp3) is 0.235. The van der Waals surface area contributed by atoms with Crippen LogP contribution in [0.4, 0.5) is 8.78 Å². The van der Waals surface area contributed by atoms with Gasteiger partial charge in [-0.15, -0.1) is 0 Å². The van der Waals surface area contributed by atoms with E-state index in [9.17, 15) is 18.6 Å². The maximum atomic E-state index is 13.7. The first kappa shape index (κ1) is 15.8. The number of ketones is 1. The summed E-state index contributed by atoms with van der Waals surface area (Å²) in [6, 6.07) is 8.13. The topological polar surface area (TPSA) is 46.5 Å². The normalized spacial score (nSPS) is 15.6. The van der Waals surface area contributed by atoms with Crippen LogP contribution >= 0.6 is 0 Å². The third-order valence-corrected chi connectivity index (χ3v) is 4.03. The van der Waals surface area contributed by atoms with E-state index in [0.717, 1.165) is 17.7 Å². The number of halogens is 2. The van der Waals surface area contributed by atoms with Gasteiger partial charge in [0.2, 0.25) is 0 Å². The number of fused-ring (bicyclic) bond motifs is 1. The van der Waals surface area contributed by atoms with Crippen molar-refractivity contribution < 1.29 is 23.3 Å². The van der Waals surface area contributed by atoms with Gasteiger partial charge in [0.25, 0.3) is 0 Å². The summed E-state index contributed by atoms with van der Waals surface area (Å²) in [5, 5.41) is 9.96. The van der Waals surface area contributed by atoms with Gasteiger partial charge in [0.1, 0.15) is 11.6 Å². The molecule has 23 heavy (non-hydrogen) atoms. The standard InChI is InChI=1S/C17H15BF2O3/c1-17(2)13-6-3-10(7-14(13)18(22)23-17)8-16(21)12-5-4-11(19)9-15(12)20/h3-7,9,22H,8H2,1-2H3. The number of carbonyl (C=O) groups is 1. The molecule has 1 aliphatic heterocycles. The molecule has 0 amide bonds. The van der Waals surface area contributed by atoms with E-state index in [1.165, 1.54) is 0 Å². The highest BCUT2D eigenvalue weighted by atomic mass is 19.1. The SMILES string of the molecule is CC1(C)OB(O)c2cc(CC(=O)c3ccc(F)cc3F)ccc21. The first-order valence-corrected chi connectivity index (χ1v) is 7.25. The average molecular weight is 316 g/mol. The van der Waals surface area contributed by atoms with Gasteiger partial charge < -0.3 is 9.68 Å². The van der Waals surface area contributed by atoms with Crippen LogP contribution in [0.15, 0.2) is 36.4 Å².